The van der Waals surface area contributed by atoms with Crippen LogP contribution in [0.1, 0.15) is 47.6 Å². The van der Waals surface area contributed by atoms with Gasteiger partial charge in [0.1, 0.15) is 19.3 Å². The van der Waals surface area contributed by atoms with Gasteiger partial charge in [-0.25, -0.2) is 14.4 Å². The molecule has 0 saturated carbocycles. The second-order valence-corrected chi connectivity index (χ2v) is 11.0. The molecule has 4 aromatic rings. The Labute approximate surface area is 244 Å². The third-order valence-electron chi connectivity index (χ3n) is 8.19. The van der Waals surface area contributed by atoms with Gasteiger partial charge in [-0.1, -0.05) is 105 Å². The molecule has 2 aliphatic carbocycles. The Kier molecular flexibility index (Phi) is 7.25. The maximum Gasteiger partial charge on any atom is 0.420 e. The fraction of sp³-hybridized carbons (Fsp3) is 0.229. The number of imide groups is 1. The molecule has 0 radical (unpaired) electrons. The number of carboxylic acids is 1. The number of hydrogen-bond donors (Lipinski definition) is 1. The van der Waals surface area contributed by atoms with Crippen LogP contribution in [-0.2, 0) is 27.3 Å². The van der Waals surface area contributed by atoms with Crippen LogP contribution in [0, 0.1) is 5.92 Å². The van der Waals surface area contributed by atoms with Gasteiger partial charge < -0.3 is 14.6 Å². The van der Waals surface area contributed by atoms with E-state index in [-0.39, 0.29) is 19.1 Å². The van der Waals surface area contributed by atoms with E-state index in [2.05, 4.69) is 12.1 Å². The summed E-state index contributed by atoms with van der Waals surface area (Å²) in [5.41, 5.74) is 9.43. The molecule has 2 aliphatic rings. The SMILES string of the molecule is CC(C)[C@@H](C(=O)O)N(C(=O)OCc1cccc2c1Cc1ccccc1-2)C(=O)OCC1c2ccccc2-c2ccccc21. The predicted molar refractivity (Wildman–Crippen MR) is 158 cm³/mol. The minimum atomic E-state index is -1.46. The quantitative estimate of drug-likeness (QED) is 0.225. The molecule has 7 heteroatoms. The summed E-state index contributed by atoms with van der Waals surface area (Å²) < 4.78 is 11.3. The Bertz CT molecular complexity index is 1650. The molecule has 6 rings (SSSR count). The van der Waals surface area contributed by atoms with Crippen molar-refractivity contribution >= 4 is 18.2 Å². The Morgan fingerprint density at radius 2 is 1.33 bits per heavy atom. The molecule has 0 aromatic heterocycles. The van der Waals surface area contributed by atoms with Crippen molar-refractivity contribution in [2.24, 2.45) is 5.92 Å². The van der Waals surface area contributed by atoms with Gasteiger partial charge in [0.25, 0.3) is 0 Å². The zero-order valence-electron chi connectivity index (χ0n) is 23.4. The van der Waals surface area contributed by atoms with Crippen LogP contribution in [0.2, 0.25) is 0 Å². The highest BCUT2D eigenvalue weighted by molar-refractivity contribution is 5.93. The summed E-state index contributed by atoms with van der Waals surface area (Å²) in [4.78, 5) is 39.8. The molecule has 212 valence electrons. The summed E-state index contributed by atoms with van der Waals surface area (Å²) in [7, 11) is 0. The predicted octanol–water partition coefficient (Wildman–Crippen LogP) is 7.25. The normalized spacial score (nSPS) is 13.5. The number of nitrogens with zero attached hydrogens (tertiary/aromatic N) is 1. The van der Waals surface area contributed by atoms with E-state index in [1.165, 1.54) is 5.56 Å². The largest absolute Gasteiger partial charge is 0.480 e. The van der Waals surface area contributed by atoms with Gasteiger partial charge in [-0.05, 0) is 62.4 Å². The highest BCUT2D eigenvalue weighted by Crippen LogP contribution is 2.44. The lowest BCUT2D eigenvalue weighted by molar-refractivity contribution is -0.143. The van der Waals surface area contributed by atoms with Crippen LogP contribution in [0.25, 0.3) is 22.3 Å². The number of fused-ring (bicyclic) bond motifs is 6. The third kappa shape index (κ3) is 4.81. The number of carbonyl (C=O) groups excluding carboxylic acids is 2. The lowest BCUT2D eigenvalue weighted by atomic mass is 9.98. The smallest absolute Gasteiger partial charge is 0.420 e. The average molecular weight is 562 g/mol. The Hall–Kier alpha value is -4.91. The topological polar surface area (TPSA) is 93.1 Å². The van der Waals surface area contributed by atoms with E-state index in [4.69, 9.17) is 9.47 Å². The molecule has 0 saturated heterocycles. The summed E-state index contributed by atoms with van der Waals surface area (Å²) in [6.07, 6.45) is -1.39. The first kappa shape index (κ1) is 27.3. The van der Waals surface area contributed by atoms with E-state index in [9.17, 15) is 19.5 Å². The molecule has 0 fully saturated rings. The molecule has 42 heavy (non-hydrogen) atoms. The zero-order valence-corrected chi connectivity index (χ0v) is 23.4. The average Bonchev–Trinajstić information content (AvgIpc) is 3.53. The van der Waals surface area contributed by atoms with E-state index in [0.717, 1.165) is 44.5 Å². The molecule has 4 aromatic carbocycles. The van der Waals surface area contributed by atoms with Crippen LogP contribution in [0.15, 0.2) is 91.0 Å². The summed E-state index contributed by atoms with van der Waals surface area (Å²) in [5.74, 6) is -2.13. The van der Waals surface area contributed by atoms with Crippen molar-refractivity contribution in [3.05, 3.63) is 119 Å². The van der Waals surface area contributed by atoms with E-state index in [0.29, 0.717) is 11.3 Å². The van der Waals surface area contributed by atoms with Crippen LogP contribution in [0.4, 0.5) is 9.59 Å². The van der Waals surface area contributed by atoms with Gasteiger partial charge in [-0.15, -0.1) is 0 Å². The van der Waals surface area contributed by atoms with Crippen molar-refractivity contribution in [2.75, 3.05) is 6.61 Å². The van der Waals surface area contributed by atoms with Gasteiger partial charge in [0, 0.05) is 5.92 Å². The minimum absolute atomic E-state index is 0.0501. The van der Waals surface area contributed by atoms with E-state index in [1.807, 2.05) is 78.9 Å². The highest BCUT2D eigenvalue weighted by atomic mass is 16.6. The minimum Gasteiger partial charge on any atom is -0.480 e. The Morgan fingerprint density at radius 1 is 0.762 bits per heavy atom. The number of benzene rings is 4. The number of carbonyl (C=O) groups is 3. The molecular formula is C35H31NO6. The Balaban J connectivity index is 1.22. The first-order valence-corrected chi connectivity index (χ1v) is 14.1. The number of carboxylic acid groups (broad SMARTS) is 1. The number of ether oxygens (including phenoxy) is 2. The van der Waals surface area contributed by atoms with E-state index >= 15 is 0 Å². The van der Waals surface area contributed by atoms with Gasteiger partial charge in [-0.2, -0.15) is 4.90 Å². The lowest BCUT2D eigenvalue weighted by Gasteiger charge is -2.29. The molecule has 7 nitrogen and oxygen atoms in total. The van der Waals surface area contributed by atoms with Gasteiger partial charge in [0.2, 0.25) is 0 Å². The van der Waals surface area contributed by atoms with Crippen LogP contribution in [-0.4, -0.2) is 40.8 Å². The second kappa shape index (κ2) is 11.2. The molecule has 1 atom stereocenters. The molecule has 1 N–H and O–H groups in total. The summed E-state index contributed by atoms with van der Waals surface area (Å²) in [5, 5.41) is 10.0. The maximum absolute atomic E-state index is 13.5. The van der Waals surface area contributed by atoms with Crippen LogP contribution in [0.5, 0.6) is 0 Å². The van der Waals surface area contributed by atoms with E-state index < -0.39 is 30.1 Å². The number of rotatable bonds is 7. The van der Waals surface area contributed by atoms with Crippen molar-refractivity contribution in [3.63, 3.8) is 0 Å². The maximum atomic E-state index is 13.5. The number of amides is 2. The molecule has 0 heterocycles. The monoisotopic (exact) mass is 561 g/mol. The van der Waals surface area contributed by atoms with Crippen molar-refractivity contribution in [1.29, 1.82) is 0 Å². The lowest BCUT2D eigenvalue weighted by Crippen LogP contribution is -2.51. The second-order valence-electron chi connectivity index (χ2n) is 11.0. The van der Waals surface area contributed by atoms with Gasteiger partial charge >= 0.3 is 18.2 Å². The highest BCUT2D eigenvalue weighted by Gasteiger charge is 2.40. The van der Waals surface area contributed by atoms with Crippen LogP contribution < -0.4 is 0 Å². The van der Waals surface area contributed by atoms with Crippen LogP contribution >= 0.6 is 0 Å². The molecule has 0 spiro atoms. The van der Waals surface area contributed by atoms with Crippen molar-refractivity contribution < 1.29 is 29.0 Å². The number of hydrogen-bond acceptors (Lipinski definition) is 5. The third-order valence-corrected chi connectivity index (χ3v) is 8.19. The molecule has 2 amide bonds. The molecule has 0 unspecified atom stereocenters. The van der Waals surface area contributed by atoms with Gasteiger partial charge in [-0.3, -0.25) is 0 Å². The van der Waals surface area contributed by atoms with Crippen molar-refractivity contribution in [1.82, 2.24) is 4.90 Å². The fourth-order valence-electron chi connectivity index (χ4n) is 6.23. The first-order chi connectivity index (χ1) is 20.3. The standard InChI is InChI=1S/C35H31NO6/c1-21(2)32(33(37)38)36(34(39)41-19-23-11-9-17-25-24-12-4-3-10-22(24)18-30(23)25)35(40)42-20-31-28-15-7-5-13-26(28)27-14-6-8-16-29(27)31/h3-17,21,31-32H,18-20H2,1-2H3,(H,37,38)/t32-/m0/s1. The van der Waals surface area contributed by atoms with Gasteiger partial charge in [0.05, 0.1) is 0 Å². The van der Waals surface area contributed by atoms with Crippen molar-refractivity contribution in [2.45, 2.75) is 38.8 Å². The van der Waals surface area contributed by atoms with Crippen molar-refractivity contribution in [3.8, 4) is 22.3 Å². The zero-order chi connectivity index (χ0) is 29.4. The molecule has 0 bridgehead atoms. The summed E-state index contributed by atoms with van der Waals surface area (Å²) in [6.45, 7) is 3.12. The van der Waals surface area contributed by atoms with Crippen LogP contribution in [0.3, 0.4) is 0 Å². The summed E-state index contributed by atoms with van der Waals surface area (Å²) in [6, 6.07) is 28.3. The fourth-order valence-corrected chi connectivity index (χ4v) is 6.23. The molecule has 0 aliphatic heterocycles. The Morgan fingerprint density at radius 3 is 1.98 bits per heavy atom. The molecular weight excluding hydrogens is 530 g/mol. The first-order valence-electron chi connectivity index (χ1n) is 14.1. The summed E-state index contributed by atoms with van der Waals surface area (Å²) >= 11 is 0. The van der Waals surface area contributed by atoms with Gasteiger partial charge in [0.15, 0.2) is 0 Å². The number of aliphatic carboxylic acids is 1. The van der Waals surface area contributed by atoms with E-state index in [1.54, 1.807) is 13.8 Å².